The van der Waals surface area contributed by atoms with Gasteiger partial charge in [0, 0.05) is 12.2 Å². The van der Waals surface area contributed by atoms with Gasteiger partial charge in [-0.05, 0) is 31.9 Å². The van der Waals surface area contributed by atoms with Gasteiger partial charge in [0.15, 0.2) is 0 Å². The summed E-state index contributed by atoms with van der Waals surface area (Å²) in [7, 11) is 0. The molecule has 2 rings (SSSR count). The first-order chi connectivity index (χ1) is 8.49. The van der Waals surface area contributed by atoms with Gasteiger partial charge >= 0.3 is 0 Å². The van der Waals surface area contributed by atoms with Gasteiger partial charge in [-0.25, -0.2) is 4.68 Å². The van der Waals surface area contributed by atoms with E-state index in [-0.39, 0.29) is 6.04 Å². The zero-order chi connectivity index (χ0) is 13.3. The molecule has 1 unspecified atom stereocenters. The molecule has 0 aliphatic carbocycles. The van der Waals surface area contributed by atoms with Crippen molar-refractivity contribution >= 4 is 23.2 Å². The predicted molar refractivity (Wildman–Crippen MR) is 75.7 cm³/mol. The highest BCUT2D eigenvalue weighted by molar-refractivity contribution is 6.32. The van der Waals surface area contributed by atoms with E-state index in [0.717, 1.165) is 23.4 Å². The fraction of sp³-hybridized carbons (Fsp3) is 0.308. The first-order valence-electron chi connectivity index (χ1n) is 5.74. The molecule has 96 valence electrons. The summed E-state index contributed by atoms with van der Waals surface area (Å²) in [6.07, 6.45) is 2.51. The Bertz CT molecular complexity index is 542. The molecule has 3 nitrogen and oxygen atoms in total. The Labute approximate surface area is 117 Å². The van der Waals surface area contributed by atoms with E-state index in [9.17, 15) is 0 Å². The summed E-state index contributed by atoms with van der Waals surface area (Å²) in [5.41, 5.74) is 8.56. The average Bonchev–Trinajstić information content (AvgIpc) is 2.58. The molecule has 0 aliphatic heterocycles. The lowest BCUT2D eigenvalue weighted by molar-refractivity contribution is 0.727. The van der Waals surface area contributed by atoms with Gasteiger partial charge in [-0.3, -0.25) is 0 Å². The van der Waals surface area contributed by atoms with Gasteiger partial charge in [-0.15, -0.1) is 0 Å². The van der Waals surface area contributed by atoms with E-state index in [2.05, 4.69) is 5.10 Å². The van der Waals surface area contributed by atoms with E-state index >= 15 is 0 Å². The second kappa shape index (κ2) is 5.31. The molecule has 0 bridgehead atoms. The van der Waals surface area contributed by atoms with Crippen LogP contribution in [0.2, 0.25) is 10.0 Å². The number of para-hydroxylation sites is 1. The topological polar surface area (TPSA) is 43.8 Å². The van der Waals surface area contributed by atoms with Crippen LogP contribution in [0.1, 0.15) is 18.2 Å². The smallest absolute Gasteiger partial charge is 0.0864 e. The molecule has 1 aromatic carbocycles. The summed E-state index contributed by atoms with van der Waals surface area (Å²) in [6.45, 7) is 3.83. The normalized spacial score (nSPS) is 12.7. The number of hydrogen-bond donors (Lipinski definition) is 1. The van der Waals surface area contributed by atoms with Gasteiger partial charge in [0.1, 0.15) is 0 Å². The molecule has 0 fully saturated rings. The predicted octanol–water partition coefficient (Wildman–Crippen LogP) is 3.38. The molecule has 0 aliphatic rings. The highest BCUT2D eigenvalue weighted by Crippen LogP contribution is 2.27. The van der Waals surface area contributed by atoms with Crippen LogP contribution in [-0.4, -0.2) is 15.8 Å². The van der Waals surface area contributed by atoms with Crippen LogP contribution in [0.15, 0.2) is 24.4 Å². The van der Waals surface area contributed by atoms with Crippen molar-refractivity contribution in [3.63, 3.8) is 0 Å². The van der Waals surface area contributed by atoms with Gasteiger partial charge in [0.2, 0.25) is 0 Å². The number of hydrogen-bond acceptors (Lipinski definition) is 2. The molecule has 0 amide bonds. The molecule has 1 atom stereocenters. The van der Waals surface area contributed by atoms with Crippen LogP contribution in [0.25, 0.3) is 5.69 Å². The summed E-state index contributed by atoms with van der Waals surface area (Å²) in [5, 5.41) is 5.64. The third-order valence-corrected chi connectivity index (χ3v) is 3.36. The van der Waals surface area contributed by atoms with E-state index < -0.39 is 0 Å². The van der Waals surface area contributed by atoms with Crippen LogP contribution in [0, 0.1) is 6.92 Å². The second-order valence-corrected chi connectivity index (χ2v) is 5.25. The molecule has 1 heterocycles. The van der Waals surface area contributed by atoms with Crippen LogP contribution >= 0.6 is 23.2 Å². The van der Waals surface area contributed by atoms with Gasteiger partial charge in [-0.2, -0.15) is 5.10 Å². The summed E-state index contributed by atoms with van der Waals surface area (Å²) < 4.78 is 1.72. The van der Waals surface area contributed by atoms with E-state index in [1.54, 1.807) is 10.9 Å². The lowest BCUT2D eigenvalue weighted by Crippen LogP contribution is -2.19. The van der Waals surface area contributed by atoms with Crippen LogP contribution in [-0.2, 0) is 6.42 Å². The Morgan fingerprint density at radius 3 is 2.61 bits per heavy atom. The molecule has 18 heavy (non-hydrogen) atoms. The minimum absolute atomic E-state index is 0.0642. The lowest BCUT2D eigenvalue weighted by atomic mass is 10.1. The summed E-state index contributed by atoms with van der Waals surface area (Å²) in [5.74, 6) is 0. The first-order valence-corrected chi connectivity index (χ1v) is 6.49. The average molecular weight is 284 g/mol. The summed E-state index contributed by atoms with van der Waals surface area (Å²) in [4.78, 5) is 0. The first kappa shape index (κ1) is 13.4. The Morgan fingerprint density at radius 1 is 1.33 bits per heavy atom. The summed E-state index contributed by atoms with van der Waals surface area (Å²) >= 11 is 12.3. The summed E-state index contributed by atoms with van der Waals surface area (Å²) in [6, 6.07) is 5.83. The van der Waals surface area contributed by atoms with Crippen molar-refractivity contribution in [2.24, 2.45) is 5.73 Å². The van der Waals surface area contributed by atoms with Crippen molar-refractivity contribution in [1.29, 1.82) is 0 Å². The molecule has 2 N–H and O–H groups in total. The van der Waals surface area contributed by atoms with Crippen LogP contribution < -0.4 is 5.73 Å². The van der Waals surface area contributed by atoms with Crippen molar-refractivity contribution in [3.05, 3.63) is 45.7 Å². The van der Waals surface area contributed by atoms with Crippen molar-refractivity contribution in [2.75, 3.05) is 0 Å². The quantitative estimate of drug-likeness (QED) is 0.939. The second-order valence-electron chi connectivity index (χ2n) is 4.44. The van der Waals surface area contributed by atoms with Crippen molar-refractivity contribution in [1.82, 2.24) is 9.78 Å². The highest BCUT2D eigenvalue weighted by Gasteiger charge is 2.13. The standard InChI is InChI=1S/C13H15Cl2N3/c1-8(16)6-10-4-3-5-11(14)13(10)18-7-12(15)9(2)17-18/h3-5,7-8H,6,16H2,1-2H3. The van der Waals surface area contributed by atoms with Gasteiger partial charge < -0.3 is 5.73 Å². The molecular weight excluding hydrogens is 269 g/mol. The molecule has 0 radical (unpaired) electrons. The maximum absolute atomic E-state index is 6.26. The van der Waals surface area contributed by atoms with Crippen LogP contribution in [0.4, 0.5) is 0 Å². The van der Waals surface area contributed by atoms with Gasteiger partial charge in [0.25, 0.3) is 0 Å². The number of rotatable bonds is 3. The number of benzene rings is 1. The molecule has 0 spiro atoms. The maximum atomic E-state index is 6.26. The largest absolute Gasteiger partial charge is 0.328 e. The van der Waals surface area contributed by atoms with Crippen LogP contribution in [0.3, 0.4) is 0 Å². The minimum atomic E-state index is 0.0642. The maximum Gasteiger partial charge on any atom is 0.0864 e. The Balaban J connectivity index is 2.54. The number of aromatic nitrogens is 2. The third-order valence-electron chi connectivity index (χ3n) is 2.68. The molecule has 2 aromatic rings. The number of nitrogens with two attached hydrogens (primary N) is 1. The number of nitrogens with zero attached hydrogens (tertiary/aromatic N) is 2. The van der Waals surface area contributed by atoms with Crippen molar-refractivity contribution in [3.8, 4) is 5.69 Å². The Morgan fingerprint density at radius 2 is 2.06 bits per heavy atom. The monoisotopic (exact) mass is 283 g/mol. The SMILES string of the molecule is Cc1nn(-c2c(Cl)cccc2CC(C)N)cc1Cl. The zero-order valence-electron chi connectivity index (χ0n) is 10.3. The fourth-order valence-corrected chi connectivity index (χ4v) is 2.29. The van der Waals surface area contributed by atoms with E-state index in [4.69, 9.17) is 28.9 Å². The molecule has 1 aromatic heterocycles. The number of halogens is 2. The lowest BCUT2D eigenvalue weighted by Gasteiger charge is -2.13. The van der Waals surface area contributed by atoms with Gasteiger partial charge in [-0.1, -0.05) is 35.3 Å². The number of aryl methyl sites for hydroxylation is 1. The molecular formula is C13H15Cl2N3. The Hall–Kier alpha value is -1.03. The third kappa shape index (κ3) is 2.69. The van der Waals surface area contributed by atoms with Crippen molar-refractivity contribution in [2.45, 2.75) is 26.3 Å². The Kier molecular flexibility index (Phi) is 3.95. The molecule has 0 saturated heterocycles. The van der Waals surface area contributed by atoms with Crippen molar-refractivity contribution < 1.29 is 0 Å². The zero-order valence-corrected chi connectivity index (χ0v) is 11.8. The van der Waals surface area contributed by atoms with E-state index in [1.807, 2.05) is 32.0 Å². The van der Waals surface area contributed by atoms with Gasteiger partial charge in [0.05, 0.1) is 21.4 Å². The molecule has 0 saturated carbocycles. The fourth-order valence-electron chi connectivity index (χ4n) is 1.88. The minimum Gasteiger partial charge on any atom is -0.328 e. The van der Waals surface area contributed by atoms with E-state index in [1.165, 1.54) is 0 Å². The van der Waals surface area contributed by atoms with Crippen LogP contribution in [0.5, 0.6) is 0 Å². The van der Waals surface area contributed by atoms with E-state index in [0.29, 0.717) is 10.0 Å². The molecule has 5 heteroatoms. The highest BCUT2D eigenvalue weighted by atomic mass is 35.5.